The Hall–Kier alpha value is 0.230. The van der Waals surface area contributed by atoms with E-state index in [-0.39, 0.29) is 5.60 Å². The minimum atomic E-state index is -0.0397. The molecule has 0 aromatic carbocycles. The topological polar surface area (TPSA) is 49.0 Å². The smallest absolute Gasteiger partial charge is 0.0961 e. The van der Waals surface area contributed by atoms with E-state index in [2.05, 4.69) is 26.1 Å². The zero-order valence-electron chi connectivity index (χ0n) is 16.5. The predicted molar refractivity (Wildman–Crippen MR) is 103 cm³/mol. The third-order valence-corrected chi connectivity index (χ3v) is 4.85. The van der Waals surface area contributed by atoms with E-state index >= 15 is 0 Å². The molecule has 0 heterocycles. The van der Waals surface area contributed by atoms with E-state index in [1.807, 2.05) is 0 Å². The van der Waals surface area contributed by atoms with Gasteiger partial charge in [-0.05, 0) is 58.2 Å². The molecule has 0 saturated heterocycles. The van der Waals surface area contributed by atoms with Crippen LogP contribution in [0.3, 0.4) is 0 Å². The van der Waals surface area contributed by atoms with Gasteiger partial charge >= 0.3 is 0 Å². The van der Waals surface area contributed by atoms with Gasteiger partial charge in [-0.1, -0.05) is 15.5 Å². The fraction of sp³-hybridized carbons (Fsp3) is 1.00. The first-order valence-corrected chi connectivity index (χ1v) is 10.5. The highest BCUT2D eigenvalue weighted by Gasteiger charge is 2.21. The molecule has 0 spiro atoms. The van der Waals surface area contributed by atoms with Crippen molar-refractivity contribution >= 4 is 8.58 Å². The Kier molecular flexibility index (Phi) is 16.8. The van der Waals surface area contributed by atoms with Crippen molar-refractivity contribution in [1.82, 2.24) is 5.32 Å². The lowest BCUT2D eigenvalue weighted by molar-refractivity contribution is -0.0341. The monoisotopic (exact) mass is 365 g/mol. The van der Waals surface area contributed by atoms with Crippen molar-refractivity contribution < 1.29 is 18.9 Å². The highest BCUT2D eigenvalue weighted by atomic mass is 31.1. The van der Waals surface area contributed by atoms with Crippen molar-refractivity contribution in [2.45, 2.75) is 52.1 Å². The van der Waals surface area contributed by atoms with Crippen LogP contribution in [0.25, 0.3) is 0 Å². The molecule has 0 radical (unpaired) electrons. The van der Waals surface area contributed by atoms with Crippen LogP contribution in [0.4, 0.5) is 0 Å². The van der Waals surface area contributed by atoms with Crippen LogP contribution in [0.1, 0.15) is 46.5 Å². The average Bonchev–Trinajstić information content (AvgIpc) is 2.53. The average molecular weight is 365 g/mol. The molecule has 0 bridgehead atoms. The summed E-state index contributed by atoms with van der Waals surface area (Å²) >= 11 is 0. The van der Waals surface area contributed by atoms with Crippen LogP contribution in [0.15, 0.2) is 0 Å². The second-order valence-corrected chi connectivity index (χ2v) is 8.18. The van der Waals surface area contributed by atoms with Crippen molar-refractivity contribution in [3.05, 3.63) is 0 Å². The van der Waals surface area contributed by atoms with Crippen LogP contribution in [-0.4, -0.2) is 65.4 Å². The minimum Gasteiger partial charge on any atom is -0.385 e. The number of methoxy groups -OCH3 is 2. The molecule has 0 aromatic heterocycles. The van der Waals surface area contributed by atoms with E-state index < -0.39 is 0 Å². The zero-order valence-corrected chi connectivity index (χ0v) is 17.5. The summed E-state index contributed by atoms with van der Waals surface area (Å²) in [4.78, 5) is 0. The van der Waals surface area contributed by atoms with E-state index in [9.17, 15) is 0 Å². The summed E-state index contributed by atoms with van der Waals surface area (Å²) in [7, 11) is 4.32. The van der Waals surface area contributed by atoms with Crippen molar-refractivity contribution in [3.8, 4) is 0 Å². The van der Waals surface area contributed by atoms with Gasteiger partial charge in [0.2, 0.25) is 0 Å². The van der Waals surface area contributed by atoms with Gasteiger partial charge in [-0.3, -0.25) is 5.32 Å². The van der Waals surface area contributed by atoms with Gasteiger partial charge in [0.25, 0.3) is 0 Å². The van der Waals surface area contributed by atoms with E-state index in [0.29, 0.717) is 12.6 Å². The summed E-state index contributed by atoms with van der Waals surface area (Å²) in [5.74, 6) is 0.633. The maximum atomic E-state index is 6.07. The molecule has 0 amide bonds. The van der Waals surface area contributed by atoms with Gasteiger partial charge in [0.05, 0.1) is 18.7 Å². The Bertz CT molecular complexity index is 267. The van der Waals surface area contributed by atoms with Gasteiger partial charge in [-0.25, -0.2) is 0 Å². The van der Waals surface area contributed by atoms with Gasteiger partial charge in [-0.2, -0.15) is 0 Å². The maximum Gasteiger partial charge on any atom is 0.0961 e. The lowest BCUT2D eigenvalue weighted by Crippen LogP contribution is -2.28. The second kappa shape index (κ2) is 16.7. The summed E-state index contributed by atoms with van der Waals surface area (Å²) in [5, 5.41) is 3.17. The fourth-order valence-corrected chi connectivity index (χ4v) is 3.38. The van der Waals surface area contributed by atoms with Crippen molar-refractivity contribution in [2.24, 2.45) is 5.92 Å². The summed E-state index contributed by atoms with van der Waals surface area (Å²) in [6.07, 6.45) is 6.40. The van der Waals surface area contributed by atoms with Crippen LogP contribution in [0.5, 0.6) is 0 Å². The molecule has 0 fully saturated rings. The molecular formula is C18H40NO4P. The lowest BCUT2D eigenvalue weighted by Gasteiger charge is -2.28. The lowest BCUT2D eigenvalue weighted by atomic mass is 9.92. The highest BCUT2D eigenvalue weighted by molar-refractivity contribution is 7.37. The molecule has 0 aromatic rings. The maximum absolute atomic E-state index is 6.07. The van der Waals surface area contributed by atoms with Crippen LogP contribution >= 0.6 is 8.58 Å². The van der Waals surface area contributed by atoms with Crippen molar-refractivity contribution in [1.29, 1.82) is 0 Å². The van der Waals surface area contributed by atoms with E-state index in [1.165, 1.54) is 6.16 Å². The molecule has 2 atom stereocenters. The predicted octanol–water partition coefficient (Wildman–Crippen LogP) is 3.47. The van der Waals surface area contributed by atoms with E-state index in [1.54, 1.807) is 14.2 Å². The van der Waals surface area contributed by atoms with Crippen molar-refractivity contribution in [3.63, 3.8) is 0 Å². The SMILES string of the molecule is COCCC(C)CC(C)(C)OCCCPCOCCCNCOC. The quantitative estimate of drug-likeness (QED) is 0.229. The third kappa shape index (κ3) is 17.1. The Labute approximate surface area is 151 Å². The molecule has 0 aliphatic rings. The van der Waals surface area contributed by atoms with Gasteiger partial charge in [0.1, 0.15) is 0 Å². The summed E-state index contributed by atoms with van der Waals surface area (Å²) < 4.78 is 21.8. The van der Waals surface area contributed by atoms with Gasteiger partial charge in [-0.15, -0.1) is 0 Å². The van der Waals surface area contributed by atoms with Gasteiger partial charge in [0, 0.05) is 34.0 Å². The first-order chi connectivity index (χ1) is 11.5. The standard InChI is InChI=1S/C18H40NO4P/c1-17(8-12-20-4)14-18(2,3)23-11-7-13-24-16-22-10-6-9-19-15-21-5/h17,19,24H,6-16H2,1-5H3. The number of rotatable bonds is 18. The zero-order chi connectivity index (χ0) is 18.1. The highest BCUT2D eigenvalue weighted by Crippen LogP contribution is 2.23. The molecule has 1 N–H and O–H groups in total. The molecule has 0 aliphatic heterocycles. The van der Waals surface area contributed by atoms with Gasteiger partial charge in [0.15, 0.2) is 0 Å². The number of nitrogens with one attached hydrogen (secondary N) is 1. The normalized spacial score (nSPS) is 13.9. The Morgan fingerprint density at radius 3 is 2.54 bits per heavy atom. The molecule has 2 unspecified atom stereocenters. The molecular weight excluding hydrogens is 325 g/mol. The summed E-state index contributed by atoms with van der Waals surface area (Å²) in [5.41, 5.74) is -0.0397. The first kappa shape index (κ1) is 24.2. The fourth-order valence-electron chi connectivity index (χ4n) is 2.55. The van der Waals surface area contributed by atoms with Crippen LogP contribution in [0, 0.1) is 5.92 Å². The first-order valence-electron chi connectivity index (χ1n) is 9.13. The van der Waals surface area contributed by atoms with Crippen molar-refractivity contribution in [2.75, 3.05) is 59.8 Å². The third-order valence-electron chi connectivity index (χ3n) is 3.74. The van der Waals surface area contributed by atoms with Crippen LogP contribution in [-0.2, 0) is 18.9 Å². The van der Waals surface area contributed by atoms with E-state index in [0.717, 1.165) is 67.0 Å². The second-order valence-electron chi connectivity index (χ2n) is 6.89. The molecule has 0 rings (SSSR count). The Morgan fingerprint density at radius 1 is 1.04 bits per heavy atom. The molecule has 0 aliphatic carbocycles. The summed E-state index contributed by atoms with van der Waals surface area (Å²) in [6, 6.07) is 0. The van der Waals surface area contributed by atoms with E-state index in [4.69, 9.17) is 18.9 Å². The minimum absolute atomic E-state index is 0.0397. The number of hydrogen-bond donors (Lipinski definition) is 1. The molecule has 0 saturated carbocycles. The number of ether oxygens (including phenoxy) is 4. The van der Waals surface area contributed by atoms with Crippen LogP contribution < -0.4 is 5.32 Å². The number of hydrogen-bond acceptors (Lipinski definition) is 5. The Morgan fingerprint density at radius 2 is 1.83 bits per heavy atom. The molecule has 146 valence electrons. The Balaban J connectivity index is 3.38. The summed E-state index contributed by atoms with van der Waals surface area (Å²) in [6.45, 7) is 10.7. The van der Waals surface area contributed by atoms with Gasteiger partial charge < -0.3 is 18.9 Å². The molecule has 6 heteroatoms. The molecule has 24 heavy (non-hydrogen) atoms. The van der Waals surface area contributed by atoms with Crippen LogP contribution in [0.2, 0.25) is 0 Å². The molecule has 5 nitrogen and oxygen atoms in total. The largest absolute Gasteiger partial charge is 0.385 e.